The molecule has 1 amide bonds. The smallest absolute Gasteiger partial charge is 0.248 e. The second kappa shape index (κ2) is 12.9. The zero-order chi connectivity index (χ0) is 27.7. The number of ether oxygens (including phenoxy) is 2. The molecule has 0 spiro atoms. The third kappa shape index (κ3) is 6.44. The summed E-state index contributed by atoms with van der Waals surface area (Å²) in [5.41, 5.74) is 11.0. The van der Waals surface area contributed by atoms with Crippen LogP contribution in [0.3, 0.4) is 0 Å². The van der Waals surface area contributed by atoms with Crippen LogP contribution < -0.4 is 15.8 Å². The number of rotatable bonds is 11. The van der Waals surface area contributed by atoms with E-state index in [0.717, 1.165) is 45.9 Å². The molecule has 206 valence electrons. The van der Waals surface area contributed by atoms with Gasteiger partial charge in [0.05, 0.1) is 30.8 Å². The molecule has 1 aliphatic heterocycles. The number of aliphatic imine (C=N–C) groups is 1. The van der Waals surface area contributed by atoms with Crippen LogP contribution in [0.1, 0.15) is 17.5 Å². The zero-order valence-electron chi connectivity index (χ0n) is 22.4. The third-order valence-corrected chi connectivity index (χ3v) is 6.55. The van der Waals surface area contributed by atoms with Crippen LogP contribution in [0, 0.1) is 0 Å². The van der Waals surface area contributed by atoms with Gasteiger partial charge >= 0.3 is 0 Å². The molecule has 1 fully saturated rings. The first-order valence-electron chi connectivity index (χ1n) is 13.1. The number of nitrogens with zero attached hydrogens (tertiary/aromatic N) is 6. The Labute approximate surface area is 232 Å². The standard InChI is InChI=1S/C29H32N8O3/c1-31-17-23(15-30)22-5-3-21(4-6-22)16-32-27-14-25(34-20-35-27)26-18-33-28-13-24(7-9-37(26)28)40-11-2-8-36-10-12-39-19-29(36)38/h3-7,9,13-15,17-18,20H,2,8,10-12,16,19,30H2,1H3,(H,32,34,35). The fourth-order valence-electron chi connectivity index (χ4n) is 4.43. The van der Waals surface area contributed by atoms with Crippen molar-refractivity contribution >= 4 is 29.2 Å². The van der Waals surface area contributed by atoms with Crippen molar-refractivity contribution in [2.45, 2.75) is 13.0 Å². The van der Waals surface area contributed by atoms with Crippen LogP contribution in [0.5, 0.6) is 5.75 Å². The molecule has 0 bridgehead atoms. The number of morpholine rings is 1. The molecule has 4 heterocycles. The maximum Gasteiger partial charge on any atom is 0.248 e. The highest BCUT2D eigenvalue weighted by molar-refractivity contribution is 6.09. The van der Waals surface area contributed by atoms with Gasteiger partial charge in [0.25, 0.3) is 0 Å². The van der Waals surface area contributed by atoms with Crippen molar-refractivity contribution in [2.75, 3.05) is 45.3 Å². The van der Waals surface area contributed by atoms with Crippen LogP contribution in [0.25, 0.3) is 22.6 Å². The lowest BCUT2D eigenvalue weighted by molar-refractivity contribution is -0.142. The number of nitrogens with two attached hydrogens (primary N) is 1. The molecule has 1 aromatic carbocycles. The van der Waals surface area contributed by atoms with Gasteiger partial charge in [0, 0.05) is 63.0 Å². The number of allylic oxidation sites excluding steroid dienone is 1. The number of anilines is 1. The maximum atomic E-state index is 11.8. The quantitative estimate of drug-likeness (QED) is 0.219. The number of carbonyl (C=O) groups is 1. The highest BCUT2D eigenvalue weighted by Crippen LogP contribution is 2.23. The van der Waals surface area contributed by atoms with Crippen molar-refractivity contribution in [1.29, 1.82) is 0 Å². The van der Waals surface area contributed by atoms with Crippen LogP contribution in [0.4, 0.5) is 5.82 Å². The Bertz CT molecular complexity index is 1510. The van der Waals surface area contributed by atoms with Crippen molar-refractivity contribution in [3.05, 3.63) is 78.5 Å². The normalized spacial score (nSPS) is 14.3. The average Bonchev–Trinajstić information content (AvgIpc) is 3.42. The molecule has 0 atom stereocenters. The summed E-state index contributed by atoms with van der Waals surface area (Å²) in [6.07, 6.45) is 9.28. The van der Waals surface area contributed by atoms with Crippen molar-refractivity contribution in [3.63, 3.8) is 0 Å². The number of imidazole rings is 1. The first kappa shape index (κ1) is 26.8. The molecular formula is C29H32N8O3. The Morgan fingerprint density at radius 3 is 2.88 bits per heavy atom. The lowest BCUT2D eigenvalue weighted by Gasteiger charge is -2.26. The third-order valence-electron chi connectivity index (χ3n) is 6.55. The van der Waals surface area contributed by atoms with E-state index in [4.69, 9.17) is 15.2 Å². The van der Waals surface area contributed by atoms with E-state index in [9.17, 15) is 4.79 Å². The van der Waals surface area contributed by atoms with E-state index in [0.29, 0.717) is 38.7 Å². The van der Waals surface area contributed by atoms with Crippen molar-refractivity contribution in [1.82, 2.24) is 24.3 Å². The molecule has 40 heavy (non-hydrogen) atoms. The largest absolute Gasteiger partial charge is 0.493 e. The molecule has 3 N–H and O–H groups in total. The number of nitrogens with one attached hydrogen (secondary N) is 1. The van der Waals surface area contributed by atoms with Gasteiger partial charge in [-0.25, -0.2) is 15.0 Å². The SMILES string of the molecule is CN=CC(=CN)c1ccc(CNc2cc(-c3cnc4cc(OCCCN5CCOCC5=O)ccn34)ncn2)cc1. The number of hydrogen-bond donors (Lipinski definition) is 2. The Morgan fingerprint density at radius 1 is 1.20 bits per heavy atom. The number of benzene rings is 1. The molecule has 3 aromatic heterocycles. The number of pyridine rings is 1. The van der Waals surface area contributed by atoms with Crippen molar-refractivity contribution < 1.29 is 14.3 Å². The van der Waals surface area contributed by atoms with E-state index in [1.807, 2.05) is 58.0 Å². The minimum atomic E-state index is 0.0343. The van der Waals surface area contributed by atoms with E-state index >= 15 is 0 Å². The topological polar surface area (TPSA) is 132 Å². The zero-order valence-corrected chi connectivity index (χ0v) is 22.4. The van der Waals surface area contributed by atoms with Crippen molar-refractivity contribution in [2.24, 2.45) is 10.7 Å². The minimum absolute atomic E-state index is 0.0343. The van der Waals surface area contributed by atoms with Crippen LogP contribution in [-0.2, 0) is 16.1 Å². The maximum absolute atomic E-state index is 11.8. The summed E-state index contributed by atoms with van der Waals surface area (Å²) < 4.78 is 13.0. The molecule has 0 saturated carbocycles. The fourth-order valence-corrected chi connectivity index (χ4v) is 4.43. The second-order valence-electron chi connectivity index (χ2n) is 9.22. The van der Waals surface area contributed by atoms with E-state index in [1.165, 1.54) is 0 Å². The van der Waals surface area contributed by atoms with Crippen molar-refractivity contribution in [3.8, 4) is 17.1 Å². The van der Waals surface area contributed by atoms with Gasteiger partial charge in [0.2, 0.25) is 5.91 Å². The molecule has 11 nitrogen and oxygen atoms in total. The summed E-state index contributed by atoms with van der Waals surface area (Å²) >= 11 is 0. The predicted molar refractivity (Wildman–Crippen MR) is 154 cm³/mol. The number of fused-ring (bicyclic) bond motifs is 1. The summed E-state index contributed by atoms with van der Waals surface area (Å²) in [6.45, 7) is 3.17. The number of carbonyl (C=O) groups excluding carboxylic acids is 1. The predicted octanol–water partition coefficient (Wildman–Crippen LogP) is 3.03. The van der Waals surface area contributed by atoms with Crippen LogP contribution >= 0.6 is 0 Å². The molecule has 1 aliphatic rings. The van der Waals surface area contributed by atoms with Gasteiger partial charge < -0.3 is 25.4 Å². The van der Waals surface area contributed by atoms with Gasteiger partial charge in [0.1, 0.15) is 30.1 Å². The number of hydrogen-bond acceptors (Lipinski definition) is 9. The van der Waals surface area contributed by atoms with Crippen LogP contribution in [-0.4, -0.2) is 76.3 Å². The van der Waals surface area contributed by atoms with Gasteiger partial charge in [-0.3, -0.25) is 14.2 Å². The van der Waals surface area contributed by atoms with Crippen LogP contribution in [0.15, 0.2) is 72.4 Å². The van der Waals surface area contributed by atoms with Gasteiger partial charge in [-0.05, 0) is 23.6 Å². The second-order valence-corrected chi connectivity index (χ2v) is 9.22. The molecule has 0 unspecified atom stereocenters. The molecule has 5 rings (SSSR count). The van der Waals surface area contributed by atoms with E-state index in [1.54, 1.807) is 32.0 Å². The Morgan fingerprint density at radius 2 is 2.08 bits per heavy atom. The molecule has 0 radical (unpaired) electrons. The molecule has 1 saturated heterocycles. The van der Waals surface area contributed by atoms with Gasteiger partial charge in [-0.2, -0.15) is 0 Å². The van der Waals surface area contributed by atoms with E-state index in [2.05, 4.69) is 25.3 Å². The summed E-state index contributed by atoms with van der Waals surface area (Å²) in [7, 11) is 1.72. The molecule has 0 aliphatic carbocycles. The summed E-state index contributed by atoms with van der Waals surface area (Å²) in [4.78, 5) is 31.1. The number of amides is 1. The summed E-state index contributed by atoms with van der Waals surface area (Å²) in [6, 6.07) is 13.8. The average molecular weight is 541 g/mol. The monoisotopic (exact) mass is 540 g/mol. The van der Waals surface area contributed by atoms with Gasteiger partial charge in [0.15, 0.2) is 0 Å². The first-order chi connectivity index (χ1) is 19.6. The highest BCUT2D eigenvalue weighted by atomic mass is 16.5. The molecular weight excluding hydrogens is 508 g/mol. The Kier molecular flexibility index (Phi) is 8.62. The van der Waals surface area contributed by atoms with E-state index in [-0.39, 0.29) is 12.5 Å². The lowest BCUT2D eigenvalue weighted by Crippen LogP contribution is -2.42. The van der Waals surface area contributed by atoms with Gasteiger partial charge in [-0.1, -0.05) is 24.3 Å². The van der Waals surface area contributed by atoms with E-state index < -0.39 is 0 Å². The van der Waals surface area contributed by atoms with Gasteiger partial charge in [-0.15, -0.1) is 0 Å². The molecule has 11 heteroatoms. The lowest BCUT2D eigenvalue weighted by atomic mass is 10.1. The molecule has 4 aromatic rings. The number of aromatic nitrogens is 4. The first-order valence-corrected chi connectivity index (χ1v) is 13.1. The summed E-state index contributed by atoms with van der Waals surface area (Å²) in [5, 5.41) is 3.37. The fraction of sp³-hybridized carbons (Fsp3) is 0.276. The van der Waals surface area contributed by atoms with Crippen LogP contribution in [0.2, 0.25) is 0 Å². The highest BCUT2D eigenvalue weighted by Gasteiger charge is 2.17. The summed E-state index contributed by atoms with van der Waals surface area (Å²) in [5.74, 6) is 1.47. The minimum Gasteiger partial charge on any atom is -0.493 e. The Balaban J connectivity index is 1.19. The Hall–Kier alpha value is -4.77.